The molecule has 0 spiro atoms. The zero-order valence-electron chi connectivity index (χ0n) is 17.5. The van der Waals surface area contributed by atoms with Crippen molar-refractivity contribution in [3.8, 4) is 0 Å². The largest absolute Gasteiger partial charge is 0.465 e. The predicted octanol–water partition coefficient (Wildman–Crippen LogP) is 5.83. The van der Waals surface area contributed by atoms with Gasteiger partial charge in [0.05, 0.1) is 12.5 Å². The van der Waals surface area contributed by atoms with Gasteiger partial charge in [0.15, 0.2) is 0 Å². The molecule has 156 valence electrons. The van der Waals surface area contributed by atoms with E-state index < -0.39 is 0 Å². The second-order valence-electron chi connectivity index (χ2n) is 7.61. The van der Waals surface area contributed by atoms with Crippen LogP contribution in [0.1, 0.15) is 79.5 Å². The molecule has 4 nitrogen and oxygen atoms in total. The number of esters is 1. The lowest BCUT2D eigenvalue weighted by Gasteiger charge is -2.10. The van der Waals surface area contributed by atoms with Gasteiger partial charge in [-0.05, 0) is 25.2 Å². The second-order valence-corrected chi connectivity index (χ2v) is 8.46. The van der Waals surface area contributed by atoms with Crippen LogP contribution in [-0.2, 0) is 16.1 Å². The Labute approximate surface area is 178 Å². The molecule has 29 heavy (non-hydrogen) atoms. The number of unbranched alkanes of at least 4 members (excludes halogenated alkanes) is 5. The monoisotopic (exact) mass is 413 g/mol. The summed E-state index contributed by atoms with van der Waals surface area (Å²) < 4.78 is 7.60. The fourth-order valence-electron chi connectivity index (χ4n) is 3.99. The highest BCUT2D eigenvalue weighted by molar-refractivity contribution is 7.98. The van der Waals surface area contributed by atoms with Gasteiger partial charge in [0, 0.05) is 22.7 Å². The van der Waals surface area contributed by atoms with E-state index in [9.17, 15) is 9.59 Å². The third kappa shape index (κ3) is 5.13. The summed E-state index contributed by atoms with van der Waals surface area (Å²) in [4.78, 5) is 26.7. The molecule has 1 aliphatic heterocycles. The maximum absolute atomic E-state index is 13.1. The Balaban J connectivity index is 1.64. The molecule has 1 atom stereocenters. The van der Waals surface area contributed by atoms with Gasteiger partial charge in [-0.25, -0.2) is 0 Å². The number of carbonyl (C=O) groups is 2. The first-order valence-electron chi connectivity index (χ1n) is 10.7. The molecule has 3 rings (SSSR count). The summed E-state index contributed by atoms with van der Waals surface area (Å²) in [5.41, 5.74) is 2.30. The number of ketones is 1. The molecular formula is C24H31NO3S. The summed E-state index contributed by atoms with van der Waals surface area (Å²) in [5, 5.41) is 0. The Bertz CT molecular complexity index is 828. The fourth-order valence-corrected chi connectivity index (χ4v) is 4.62. The van der Waals surface area contributed by atoms with Crippen LogP contribution in [0.3, 0.4) is 0 Å². The van der Waals surface area contributed by atoms with E-state index in [4.69, 9.17) is 4.74 Å². The molecule has 0 fully saturated rings. The van der Waals surface area contributed by atoms with Crippen LogP contribution in [-0.4, -0.2) is 29.2 Å². The first kappa shape index (κ1) is 21.7. The van der Waals surface area contributed by atoms with Crippen molar-refractivity contribution in [3.05, 3.63) is 53.3 Å². The van der Waals surface area contributed by atoms with Gasteiger partial charge >= 0.3 is 5.97 Å². The average molecular weight is 414 g/mol. The summed E-state index contributed by atoms with van der Waals surface area (Å²) in [6.07, 6.45) is 9.70. The van der Waals surface area contributed by atoms with Gasteiger partial charge in [0.2, 0.25) is 5.78 Å². The normalized spacial score (nSPS) is 15.3. The van der Waals surface area contributed by atoms with Crippen LogP contribution in [0.4, 0.5) is 0 Å². The first-order valence-corrected chi connectivity index (χ1v) is 11.9. The van der Waals surface area contributed by atoms with Crippen LogP contribution in [0, 0.1) is 0 Å². The average Bonchev–Trinajstić information content (AvgIpc) is 3.31. The summed E-state index contributed by atoms with van der Waals surface area (Å²) in [6, 6.07) is 11.3. The smallest absolute Gasteiger partial charge is 0.315 e. The van der Waals surface area contributed by atoms with E-state index in [1.165, 1.54) is 25.7 Å². The van der Waals surface area contributed by atoms with Crippen LogP contribution >= 0.6 is 11.8 Å². The Morgan fingerprint density at radius 2 is 1.83 bits per heavy atom. The molecule has 1 aromatic heterocycles. The van der Waals surface area contributed by atoms with Gasteiger partial charge in [-0.1, -0.05) is 69.4 Å². The summed E-state index contributed by atoms with van der Waals surface area (Å²) in [6.45, 7) is 3.38. The van der Waals surface area contributed by atoms with E-state index in [1.807, 2.05) is 47.2 Å². The lowest BCUT2D eigenvalue weighted by molar-refractivity contribution is -0.145. The Morgan fingerprint density at radius 1 is 1.10 bits per heavy atom. The number of fused-ring (bicyclic) bond motifs is 1. The zero-order chi connectivity index (χ0) is 20.6. The molecule has 0 N–H and O–H groups in total. The first-order chi connectivity index (χ1) is 14.2. The minimum Gasteiger partial charge on any atom is -0.465 e. The molecule has 0 amide bonds. The van der Waals surface area contributed by atoms with E-state index >= 15 is 0 Å². The number of ether oxygens (including phenoxy) is 1. The van der Waals surface area contributed by atoms with Crippen molar-refractivity contribution < 1.29 is 14.3 Å². The zero-order valence-corrected chi connectivity index (χ0v) is 18.3. The SMILES string of the molecule is CCCCCCCCOC(=O)C1CCn2c1cc(SC)c2C(=O)c1ccccc1. The standard InChI is InChI=1S/C24H31NO3S/c1-3-4-5-6-7-11-16-28-24(27)19-14-15-25-20(19)17-21(29-2)22(25)23(26)18-12-9-8-10-13-18/h8-10,12-13,17,19H,3-7,11,14-16H2,1-2H3. The van der Waals surface area contributed by atoms with Crippen LogP contribution in [0.2, 0.25) is 0 Å². The van der Waals surface area contributed by atoms with Gasteiger partial charge in [0.25, 0.3) is 0 Å². The minimum atomic E-state index is -0.265. The van der Waals surface area contributed by atoms with E-state index in [0.29, 0.717) is 30.8 Å². The van der Waals surface area contributed by atoms with Crippen LogP contribution < -0.4 is 0 Å². The highest BCUT2D eigenvalue weighted by atomic mass is 32.2. The predicted molar refractivity (Wildman–Crippen MR) is 118 cm³/mol. The molecule has 1 unspecified atom stereocenters. The molecular weight excluding hydrogens is 382 g/mol. The number of aromatic nitrogens is 1. The van der Waals surface area contributed by atoms with Crippen molar-refractivity contribution in [1.29, 1.82) is 0 Å². The van der Waals surface area contributed by atoms with Crippen molar-refractivity contribution in [2.24, 2.45) is 0 Å². The van der Waals surface area contributed by atoms with Crippen molar-refractivity contribution >= 4 is 23.5 Å². The Hall–Kier alpha value is -2.01. The van der Waals surface area contributed by atoms with Crippen molar-refractivity contribution in [3.63, 3.8) is 0 Å². The van der Waals surface area contributed by atoms with Crippen molar-refractivity contribution in [1.82, 2.24) is 4.57 Å². The van der Waals surface area contributed by atoms with E-state index in [1.54, 1.807) is 11.8 Å². The highest BCUT2D eigenvalue weighted by Gasteiger charge is 2.35. The van der Waals surface area contributed by atoms with Crippen LogP contribution in [0.15, 0.2) is 41.3 Å². The van der Waals surface area contributed by atoms with E-state index in [0.717, 1.165) is 23.4 Å². The number of thioether (sulfide) groups is 1. The molecule has 2 aromatic rings. The molecule has 0 aliphatic carbocycles. The molecule has 2 heterocycles. The number of hydrogen-bond acceptors (Lipinski definition) is 4. The molecule has 5 heteroatoms. The number of benzene rings is 1. The summed E-state index contributed by atoms with van der Waals surface area (Å²) in [7, 11) is 0. The van der Waals surface area contributed by atoms with Gasteiger partial charge in [-0.15, -0.1) is 11.8 Å². The lowest BCUT2D eigenvalue weighted by atomic mass is 10.1. The number of rotatable bonds is 11. The molecule has 1 aliphatic rings. The number of nitrogens with zero attached hydrogens (tertiary/aromatic N) is 1. The number of hydrogen-bond donors (Lipinski definition) is 0. The molecule has 0 radical (unpaired) electrons. The summed E-state index contributed by atoms with van der Waals surface area (Å²) >= 11 is 1.55. The molecule has 1 aromatic carbocycles. The third-order valence-corrected chi connectivity index (χ3v) is 6.34. The minimum absolute atomic E-state index is 0.0160. The lowest BCUT2D eigenvalue weighted by Crippen LogP contribution is -2.14. The number of carbonyl (C=O) groups excluding carboxylic acids is 2. The Kier molecular flexibility index (Phi) is 7.99. The van der Waals surface area contributed by atoms with Crippen molar-refractivity contribution in [2.75, 3.05) is 12.9 Å². The molecule has 0 saturated heterocycles. The van der Waals surface area contributed by atoms with E-state index in [-0.39, 0.29) is 17.7 Å². The maximum Gasteiger partial charge on any atom is 0.315 e. The van der Waals surface area contributed by atoms with Crippen LogP contribution in [0.5, 0.6) is 0 Å². The van der Waals surface area contributed by atoms with Gasteiger partial charge in [-0.3, -0.25) is 9.59 Å². The van der Waals surface area contributed by atoms with E-state index in [2.05, 4.69) is 6.92 Å². The van der Waals surface area contributed by atoms with Crippen LogP contribution in [0.25, 0.3) is 0 Å². The quantitative estimate of drug-likeness (QED) is 0.201. The van der Waals surface area contributed by atoms with Gasteiger partial charge in [0.1, 0.15) is 5.69 Å². The van der Waals surface area contributed by atoms with Gasteiger partial charge < -0.3 is 9.30 Å². The second kappa shape index (κ2) is 10.7. The van der Waals surface area contributed by atoms with Crippen molar-refractivity contribution in [2.45, 2.75) is 69.2 Å². The maximum atomic E-state index is 13.1. The Morgan fingerprint density at radius 3 is 2.55 bits per heavy atom. The molecule has 0 saturated carbocycles. The topological polar surface area (TPSA) is 48.3 Å². The third-order valence-electron chi connectivity index (χ3n) is 5.59. The summed E-state index contributed by atoms with van der Waals surface area (Å²) in [5.74, 6) is -0.401. The highest BCUT2D eigenvalue weighted by Crippen LogP contribution is 2.37. The molecule has 0 bridgehead atoms. The van der Waals surface area contributed by atoms with Gasteiger partial charge in [-0.2, -0.15) is 0 Å². The fraction of sp³-hybridized carbons (Fsp3) is 0.500.